The van der Waals surface area contributed by atoms with Gasteiger partial charge in [0.1, 0.15) is 5.75 Å². The molecule has 2 rings (SSSR count). The number of hydrogen-bond donors (Lipinski definition) is 3. The van der Waals surface area contributed by atoms with Crippen molar-refractivity contribution in [3.8, 4) is 5.75 Å². The zero-order valence-corrected chi connectivity index (χ0v) is 11.4. The number of carbonyl (C=O) groups excluding carboxylic acids is 1. The number of para-hydroxylation sites is 1. The third kappa shape index (κ3) is 3.53. The fourth-order valence-electron chi connectivity index (χ4n) is 2.12. The highest BCUT2D eigenvalue weighted by Crippen LogP contribution is 2.30. The predicted octanol–water partition coefficient (Wildman–Crippen LogP) is 1.75. The van der Waals surface area contributed by atoms with Gasteiger partial charge in [-0.1, -0.05) is 6.07 Å². The van der Waals surface area contributed by atoms with Gasteiger partial charge in [0, 0.05) is 19.0 Å². The lowest BCUT2D eigenvalue weighted by Crippen LogP contribution is -2.31. The molecule has 1 saturated heterocycles. The van der Waals surface area contributed by atoms with Crippen LogP contribution in [0.25, 0.3) is 0 Å². The highest BCUT2D eigenvalue weighted by atomic mass is 16.5. The van der Waals surface area contributed by atoms with E-state index in [0.29, 0.717) is 24.4 Å². The van der Waals surface area contributed by atoms with Crippen LogP contribution < -0.4 is 21.1 Å². The van der Waals surface area contributed by atoms with E-state index in [9.17, 15) is 4.79 Å². The number of amides is 1. The Morgan fingerprint density at radius 1 is 1.53 bits per heavy atom. The van der Waals surface area contributed by atoms with Gasteiger partial charge >= 0.3 is 0 Å². The van der Waals surface area contributed by atoms with Gasteiger partial charge in [0.25, 0.3) is 0 Å². The number of benzene rings is 1. The Balaban J connectivity index is 1.98. The SMILES string of the molecule is CC(C)Oc1cccc(NCC2CCC(=O)N2)c1N. The van der Waals surface area contributed by atoms with Crippen LogP contribution in [-0.4, -0.2) is 24.6 Å². The number of nitrogens with one attached hydrogen (secondary N) is 2. The van der Waals surface area contributed by atoms with Gasteiger partial charge in [0.15, 0.2) is 0 Å². The molecular formula is C14H21N3O2. The zero-order valence-electron chi connectivity index (χ0n) is 11.4. The molecule has 104 valence electrons. The van der Waals surface area contributed by atoms with Gasteiger partial charge in [0.05, 0.1) is 17.5 Å². The summed E-state index contributed by atoms with van der Waals surface area (Å²) < 4.78 is 5.64. The molecule has 0 spiro atoms. The standard InChI is InChI=1S/C14H21N3O2/c1-9(2)19-12-5-3-4-11(14(12)15)16-8-10-6-7-13(18)17-10/h3-5,9-10,16H,6-8,15H2,1-2H3,(H,17,18). The van der Waals surface area contributed by atoms with Crippen molar-refractivity contribution in [2.24, 2.45) is 0 Å². The highest BCUT2D eigenvalue weighted by molar-refractivity contribution is 5.78. The van der Waals surface area contributed by atoms with Gasteiger partial charge in [-0.15, -0.1) is 0 Å². The van der Waals surface area contributed by atoms with Crippen molar-refractivity contribution in [3.63, 3.8) is 0 Å². The van der Waals surface area contributed by atoms with E-state index in [1.807, 2.05) is 32.0 Å². The first-order chi connectivity index (χ1) is 9.06. The monoisotopic (exact) mass is 263 g/mol. The summed E-state index contributed by atoms with van der Waals surface area (Å²) in [6.07, 6.45) is 1.57. The van der Waals surface area contributed by atoms with E-state index < -0.39 is 0 Å². The molecule has 0 aromatic heterocycles. The number of anilines is 2. The molecule has 1 aromatic carbocycles. The van der Waals surface area contributed by atoms with Crippen molar-refractivity contribution in [3.05, 3.63) is 18.2 Å². The lowest BCUT2D eigenvalue weighted by molar-refractivity contribution is -0.119. The first-order valence-corrected chi connectivity index (χ1v) is 6.64. The minimum absolute atomic E-state index is 0.0895. The molecule has 4 N–H and O–H groups in total. The summed E-state index contributed by atoms with van der Waals surface area (Å²) >= 11 is 0. The van der Waals surface area contributed by atoms with Crippen molar-refractivity contribution < 1.29 is 9.53 Å². The minimum atomic E-state index is 0.0895. The molecule has 1 aromatic rings. The Labute approximate surface area is 113 Å². The van der Waals surface area contributed by atoms with Crippen molar-refractivity contribution in [2.75, 3.05) is 17.6 Å². The summed E-state index contributed by atoms with van der Waals surface area (Å²) in [6.45, 7) is 4.61. The van der Waals surface area contributed by atoms with Crippen molar-refractivity contribution in [2.45, 2.75) is 38.8 Å². The maximum atomic E-state index is 11.1. The van der Waals surface area contributed by atoms with Crippen molar-refractivity contribution in [1.82, 2.24) is 5.32 Å². The summed E-state index contributed by atoms with van der Waals surface area (Å²) in [7, 11) is 0. The molecule has 0 aliphatic carbocycles. The van der Waals surface area contributed by atoms with Crippen LogP contribution in [0.5, 0.6) is 5.75 Å². The van der Waals surface area contributed by atoms with Crippen LogP contribution in [0.15, 0.2) is 18.2 Å². The molecule has 1 heterocycles. The molecule has 1 amide bonds. The second-order valence-electron chi connectivity index (χ2n) is 5.07. The van der Waals surface area contributed by atoms with E-state index >= 15 is 0 Å². The van der Waals surface area contributed by atoms with Crippen LogP contribution in [0.1, 0.15) is 26.7 Å². The van der Waals surface area contributed by atoms with Gasteiger partial charge in [0.2, 0.25) is 5.91 Å². The molecule has 1 atom stereocenters. The number of nitrogens with two attached hydrogens (primary N) is 1. The molecule has 0 radical (unpaired) electrons. The maximum Gasteiger partial charge on any atom is 0.220 e. The van der Waals surface area contributed by atoms with Crippen LogP contribution in [0.4, 0.5) is 11.4 Å². The van der Waals surface area contributed by atoms with Gasteiger partial charge in [-0.05, 0) is 32.4 Å². The minimum Gasteiger partial charge on any atom is -0.489 e. The average Bonchev–Trinajstić information content (AvgIpc) is 2.76. The fourth-order valence-corrected chi connectivity index (χ4v) is 2.12. The highest BCUT2D eigenvalue weighted by Gasteiger charge is 2.20. The topological polar surface area (TPSA) is 76.4 Å². The number of ether oxygens (including phenoxy) is 1. The first-order valence-electron chi connectivity index (χ1n) is 6.64. The van der Waals surface area contributed by atoms with Gasteiger partial charge in [-0.3, -0.25) is 4.79 Å². The third-order valence-electron chi connectivity index (χ3n) is 3.05. The smallest absolute Gasteiger partial charge is 0.220 e. The Morgan fingerprint density at radius 2 is 2.32 bits per heavy atom. The third-order valence-corrected chi connectivity index (χ3v) is 3.05. The van der Waals surface area contributed by atoms with Crippen LogP contribution in [-0.2, 0) is 4.79 Å². The Morgan fingerprint density at radius 3 is 2.95 bits per heavy atom. The summed E-state index contributed by atoms with van der Waals surface area (Å²) in [5, 5.41) is 6.19. The van der Waals surface area contributed by atoms with E-state index in [1.54, 1.807) is 0 Å². The first kappa shape index (κ1) is 13.5. The largest absolute Gasteiger partial charge is 0.489 e. The van der Waals surface area contributed by atoms with E-state index in [2.05, 4.69) is 10.6 Å². The molecule has 1 aliphatic heterocycles. The fraction of sp³-hybridized carbons (Fsp3) is 0.500. The molecule has 5 nitrogen and oxygen atoms in total. The van der Waals surface area contributed by atoms with E-state index in [0.717, 1.165) is 12.1 Å². The molecule has 0 bridgehead atoms. The van der Waals surface area contributed by atoms with Gasteiger partial charge in [-0.25, -0.2) is 0 Å². The summed E-state index contributed by atoms with van der Waals surface area (Å²) in [5.74, 6) is 0.812. The summed E-state index contributed by atoms with van der Waals surface area (Å²) in [5.41, 5.74) is 7.53. The Hall–Kier alpha value is -1.91. The van der Waals surface area contributed by atoms with Gasteiger partial charge < -0.3 is 21.1 Å². The number of carbonyl (C=O) groups is 1. The summed E-state index contributed by atoms with van der Waals surface area (Å²) in [4.78, 5) is 11.1. The quantitative estimate of drug-likeness (QED) is 0.707. The lowest BCUT2D eigenvalue weighted by atomic mass is 10.2. The van der Waals surface area contributed by atoms with E-state index in [4.69, 9.17) is 10.5 Å². The lowest BCUT2D eigenvalue weighted by Gasteiger charge is -2.17. The number of hydrogen-bond acceptors (Lipinski definition) is 4. The molecule has 1 aliphatic rings. The molecular weight excluding hydrogens is 242 g/mol. The number of rotatable bonds is 5. The van der Waals surface area contributed by atoms with Crippen LogP contribution in [0.3, 0.4) is 0 Å². The zero-order chi connectivity index (χ0) is 13.8. The van der Waals surface area contributed by atoms with E-state index in [-0.39, 0.29) is 18.1 Å². The molecule has 1 fully saturated rings. The molecule has 5 heteroatoms. The van der Waals surface area contributed by atoms with E-state index in [1.165, 1.54) is 0 Å². The normalized spacial score (nSPS) is 18.5. The second-order valence-corrected chi connectivity index (χ2v) is 5.07. The van der Waals surface area contributed by atoms with Crippen molar-refractivity contribution >= 4 is 17.3 Å². The van der Waals surface area contributed by atoms with Crippen LogP contribution >= 0.6 is 0 Å². The maximum absolute atomic E-state index is 11.1. The molecule has 1 unspecified atom stereocenters. The predicted molar refractivity (Wildman–Crippen MR) is 76.3 cm³/mol. The molecule has 19 heavy (non-hydrogen) atoms. The average molecular weight is 263 g/mol. The Bertz CT molecular complexity index is 460. The van der Waals surface area contributed by atoms with Crippen LogP contribution in [0, 0.1) is 0 Å². The summed E-state index contributed by atoms with van der Waals surface area (Å²) in [6, 6.07) is 5.86. The Kier molecular flexibility index (Phi) is 4.14. The van der Waals surface area contributed by atoms with Crippen molar-refractivity contribution in [1.29, 1.82) is 0 Å². The second kappa shape index (κ2) is 5.82. The van der Waals surface area contributed by atoms with Crippen LogP contribution in [0.2, 0.25) is 0 Å². The molecule has 0 saturated carbocycles. The van der Waals surface area contributed by atoms with Gasteiger partial charge in [-0.2, -0.15) is 0 Å². The number of nitrogen functional groups attached to an aromatic ring is 1.